The van der Waals surface area contributed by atoms with E-state index in [0.717, 1.165) is 5.56 Å². The van der Waals surface area contributed by atoms with Gasteiger partial charge in [0.15, 0.2) is 11.7 Å². The number of nitrogens with two attached hydrogens (primary N) is 1. The van der Waals surface area contributed by atoms with Crippen molar-refractivity contribution in [2.45, 2.75) is 13.0 Å². The van der Waals surface area contributed by atoms with Gasteiger partial charge in [0, 0.05) is 25.7 Å². The summed E-state index contributed by atoms with van der Waals surface area (Å²) >= 11 is 0. The highest BCUT2D eigenvalue weighted by Crippen LogP contribution is 2.04. The molecule has 4 N–H and O–H groups in total. The van der Waals surface area contributed by atoms with Gasteiger partial charge in [0.1, 0.15) is 5.69 Å². The highest BCUT2D eigenvalue weighted by molar-refractivity contribution is 5.96. The van der Waals surface area contributed by atoms with Gasteiger partial charge in [-0.05, 0) is 11.6 Å². The average Bonchev–Trinajstić information content (AvgIpc) is 2.96. The van der Waals surface area contributed by atoms with Crippen molar-refractivity contribution in [3.8, 4) is 0 Å². The van der Waals surface area contributed by atoms with Crippen molar-refractivity contribution >= 4 is 5.84 Å². The van der Waals surface area contributed by atoms with Gasteiger partial charge in [-0.15, -0.1) is 0 Å². The molecule has 0 fully saturated rings. The maximum absolute atomic E-state index is 8.68. The first-order valence-electron chi connectivity index (χ1n) is 5.69. The van der Waals surface area contributed by atoms with Gasteiger partial charge in [-0.3, -0.25) is 4.98 Å². The zero-order valence-corrected chi connectivity index (χ0v) is 10.2. The van der Waals surface area contributed by atoms with Crippen LogP contribution < -0.4 is 11.1 Å². The van der Waals surface area contributed by atoms with Gasteiger partial charge < -0.3 is 20.8 Å². The number of aromatic nitrogens is 3. The van der Waals surface area contributed by atoms with E-state index in [0.29, 0.717) is 31.0 Å². The van der Waals surface area contributed by atoms with Crippen LogP contribution in [0, 0.1) is 0 Å². The summed E-state index contributed by atoms with van der Waals surface area (Å²) in [6.45, 7) is 1.24. The topological polar surface area (TPSA) is 122 Å². The Hall–Kier alpha value is -2.48. The predicted octanol–water partition coefficient (Wildman–Crippen LogP) is -0.109. The third kappa shape index (κ3) is 3.49. The Morgan fingerprint density at radius 2 is 2.37 bits per heavy atom. The van der Waals surface area contributed by atoms with Crippen LogP contribution in [0.25, 0.3) is 0 Å². The SMILES string of the molecule is N/C(=N/O)c1ncccc1CNCCc1ncon1. The molecular formula is C11H14N6O2. The lowest BCUT2D eigenvalue weighted by atomic mass is 10.2. The average molecular weight is 262 g/mol. The number of nitrogens with one attached hydrogen (secondary N) is 1. The van der Waals surface area contributed by atoms with Crippen LogP contribution in [0.15, 0.2) is 34.4 Å². The van der Waals surface area contributed by atoms with Crippen LogP contribution in [0.1, 0.15) is 17.1 Å². The second-order valence-electron chi connectivity index (χ2n) is 3.77. The first-order valence-corrected chi connectivity index (χ1v) is 5.69. The molecule has 0 atom stereocenters. The fourth-order valence-electron chi connectivity index (χ4n) is 1.59. The predicted molar refractivity (Wildman–Crippen MR) is 66.5 cm³/mol. The molecule has 0 amide bonds. The number of hydrogen-bond acceptors (Lipinski definition) is 7. The first kappa shape index (κ1) is 13.0. The Balaban J connectivity index is 1.89. The van der Waals surface area contributed by atoms with Crippen LogP contribution in [0.3, 0.4) is 0 Å². The smallest absolute Gasteiger partial charge is 0.213 e. The molecule has 0 aliphatic heterocycles. The molecule has 100 valence electrons. The Morgan fingerprint density at radius 3 is 3.11 bits per heavy atom. The molecule has 0 saturated carbocycles. The monoisotopic (exact) mass is 262 g/mol. The molecule has 0 saturated heterocycles. The summed E-state index contributed by atoms with van der Waals surface area (Å²) < 4.78 is 4.64. The normalized spacial score (nSPS) is 11.7. The van der Waals surface area contributed by atoms with E-state index in [9.17, 15) is 0 Å². The summed E-state index contributed by atoms with van der Waals surface area (Å²) in [5, 5.41) is 18.6. The fraction of sp³-hybridized carbons (Fsp3) is 0.273. The molecule has 0 radical (unpaired) electrons. The third-order valence-electron chi connectivity index (χ3n) is 2.49. The third-order valence-corrected chi connectivity index (χ3v) is 2.49. The van der Waals surface area contributed by atoms with Crippen molar-refractivity contribution < 1.29 is 9.73 Å². The molecule has 8 nitrogen and oxygen atoms in total. The molecule has 0 aliphatic carbocycles. The molecule has 2 aromatic rings. The quantitative estimate of drug-likeness (QED) is 0.218. The molecular weight excluding hydrogens is 248 g/mol. The van der Waals surface area contributed by atoms with Crippen LogP contribution in [0.4, 0.5) is 0 Å². The number of nitrogens with zero attached hydrogens (tertiary/aromatic N) is 4. The summed E-state index contributed by atoms with van der Waals surface area (Å²) in [4.78, 5) is 8.00. The minimum Gasteiger partial charge on any atom is -0.409 e. The van der Waals surface area contributed by atoms with Gasteiger partial charge in [0.2, 0.25) is 6.39 Å². The van der Waals surface area contributed by atoms with Crippen LogP contribution in [-0.2, 0) is 13.0 Å². The maximum Gasteiger partial charge on any atom is 0.213 e. The lowest BCUT2D eigenvalue weighted by molar-refractivity contribution is 0.318. The van der Waals surface area contributed by atoms with Crippen LogP contribution in [0.5, 0.6) is 0 Å². The van der Waals surface area contributed by atoms with Crippen LogP contribution >= 0.6 is 0 Å². The standard InChI is InChI=1S/C11H14N6O2/c12-11(16-18)10-8(2-1-4-14-10)6-13-5-3-9-15-7-19-17-9/h1-2,4,7,13,18H,3,5-6H2,(H2,12,16). The van der Waals surface area contributed by atoms with E-state index in [1.807, 2.05) is 6.07 Å². The molecule has 2 aromatic heterocycles. The van der Waals surface area contributed by atoms with E-state index in [1.165, 1.54) is 6.39 Å². The summed E-state index contributed by atoms with van der Waals surface area (Å²) in [7, 11) is 0. The minimum absolute atomic E-state index is 0.00410. The zero-order chi connectivity index (χ0) is 13.5. The van der Waals surface area contributed by atoms with Gasteiger partial charge in [0.25, 0.3) is 0 Å². The summed E-state index contributed by atoms with van der Waals surface area (Å²) in [6, 6.07) is 3.66. The molecule has 2 rings (SSSR count). The van der Waals surface area contributed by atoms with Crippen molar-refractivity contribution in [3.05, 3.63) is 41.8 Å². The largest absolute Gasteiger partial charge is 0.409 e. The van der Waals surface area contributed by atoms with E-state index in [1.54, 1.807) is 12.3 Å². The summed E-state index contributed by atoms with van der Waals surface area (Å²) in [6.07, 6.45) is 3.55. The maximum atomic E-state index is 8.68. The van der Waals surface area contributed by atoms with Gasteiger partial charge in [-0.25, -0.2) is 0 Å². The zero-order valence-electron chi connectivity index (χ0n) is 10.2. The minimum atomic E-state index is -0.00410. The lowest BCUT2D eigenvalue weighted by Crippen LogP contribution is -2.22. The Morgan fingerprint density at radius 1 is 1.47 bits per heavy atom. The van der Waals surface area contributed by atoms with E-state index >= 15 is 0 Å². The number of amidine groups is 1. The lowest BCUT2D eigenvalue weighted by Gasteiger charge is -2.07. The fourth-order valence-corrected chi connectivity index (χ4v) is 1.59. The second kappa shape index (κ2) is 6.45. The van der Waals surface area contributed by atoms with Gasteiger partial charge in [0.05, 0.1) is 0 Å². The van der Waals surface area contributed by atoms with Gasteiger partial charge in [-0.2, -0.15) is 4.98 Å². The molecule has 0 bridgehead atoms. The van der Waals surface area contributed by atoms with Crippen molar-refractivity contribution in [1.29, 1.82) is 0 Å². The van der Waals surface area contributed by atoms with E-state index in [-0.39, 0.29) is 5.84 Å². The number of pyridine rings is 1. The molecule has 0 aliphatic rings. The Kier molecular flexibility index (Phi) is 4.40. The molecule has 2 heterocycles. The van der Waals surface area contributed by atoms with Crippen molar-refractivity contribution in [1.82, 2.24) is 20.4 Å². The molecule has 0 unspecified atom stereocenters. The van der Waals surface area contributed by atoms with E-state index < -0.39 is 0 Å². The van der Waals surface area contributed by atoms with Crippen molar-refractivity contribution in [2.75, 3.05) is 6.54 Å². The van der Waals surface area contributed by atoms with Crippen LogP contribution in [0.2, 0.25) is 0 Å². The molecule has 8 heteroatoms. The second-order valence-corrected chi connectivity index (χ2v) is 3.77. The number of hydrogen-bond donors (Lipinski definition) is 3. The Bertz CT molecular complexity index is 540. The molecule has 19 heavy (non-hydrogen) atoms. The Labute approximate surface area is 109 Å². The van der Waals surface area contributed by atoms with Crippen molar-refractivity contribution in [2.24, 2.45) is 10.9 Å². The van der Waals surface area contributed by atoms with E-state index in [4.69, 9.17) is 10.9 Å². The van der Waals surface area contributed by atoms with Gasteiger partial charge in [-0.1, -0.05) is 16.4 Å². The highest BCUT2D eigenvalue weighted by Gasteiger charge is 2.07. The summed E-state index contributed by atoms with van der Waals surface area (Å²) in [5.74, 6) is 0.644. The van der Waals surface area contributed by atoms with E-state index in [2.05, 4.69) is 30.1 Å². The molecule has 0 spiro atoms. The number of rotatable bonds is 6. The van der Waals surface area contributed by atoms with Crippen LogP contribution in [-0.4, -0.2) is 32.7 Å². The molecule has 0 aromatic carbocycles. The highest BCUT2D eigenvalue weighted by atomic mass is 16.5. The summed E-state index contributed by atoms with van der Waals surface area (Å²) in [5.41, 5.74) is 6.88. The first-order chi connectivity index (χ1) is 9.31. The van der Waals surface area contributed by atoms with Crippen molar-refractivity contribution in [3.63, 3.8) is 0 Å². The number of oxime groups is 1. The van der Waals surface area contributed by atoms with Gasteiger partial charge >= 0.3 is 0 Å².